The number of hydrogen-bond acceptors (Lipinski definition) is 2. The Kier molecular flexibility index (Phi) is 6.01. The van der Waals surface area contributed by atoms with Gasteiger partial charge in [-0.25, -0.2) is 0 Å². The second-order valence-corrected chi connectivity index (χ2v) is 5.47. The molecule has 0 spiro atoms. The number of carbonyl (C=O) groups excluding carboxylic acids is 1. The predicted octanol–water partition coefficient (Wildman–Crippen LogP) is 3.47. The fourth-order valence-corrected chi connectivity index (χ4v) is 2.22. The molecule has 3 nitrogen and oxygen atoms in total. The maximum atomic E-state index is 12.1. The van der Waals surface area contributed by atoms with Gasteiger partial charge >= 0.3 is 0 Å². The predicted molar refractivity (Wildman–Crippen MR) is 89.1 cm³/mol. The number of nitrogens with zero attached hydrogens (tertiary/aromatic N) is 1. The summed E-state index contributed by atoms with van der Waals surface area (Å²) in [5.41, 5.74) is 2.37. The quantitative estimate of drug-likeness (QED) is 0.783. The Bertz CT molecular complexity index is 595. The standard InChI is InChI=1S/C19H23NO2/c1-16-7-6-10-18(15-16)22-14-13-20(2)19(21)12-11-17-8-4-3-5-9-17/h3-10,15H,11-14H2,1-2H3. The Labute approximate surface area is 132 Å². The molecule has 0 atom stereocenters. The lowest BCUT2D eigenvalue weighted by atomic mass is 10.1. The molecule has 3 heteroatoms. The minimum atomic E-state index is 0.150. The smallest absolute Gasteiger partial charge is 0.222 e. The molecular weight excluding hydrogens is 274 g/mol. The lowest BCUT2D eigenvalue weighted by molar-refractivity contribution is -0.130. The van der Waals surface area contributed by atoms with Gasteiger partial charge < -0.3 is 9.64 Å². The van der Waals surface area contributed by atoms with E-state index in [1.165, 1.54) is 11.1 Å². The van der Waals surface area contributed by atoms with Crippen LogP contribution in [0.15, 0.2) is 54.6 Å². The molecule has 0 heterocycles. The fraction of sp³-hybridized carbons (Fsp3) is 0.316. The van der Waals surface area contributed by atoms with Crippen molar-refractivity contribution in [3.8, 4) is 5.75 Å². The van der Waals surface area contributed by atoms with Crippen LogP contribution >= 0.6 is 0 Å². The molecule has 0 fully saturated rings. The van der Waals surface area contributed by atoms with Crippen molar-refractivity contribution in [2.45, 2.75) is 19.8 Å². The average Bonchev–Trinajstić information content (AvgIpc) is 2.53. The Morgan fingerprint density at radius 2 is 1.86 bits per heavy atom. The summed E-state index contributed by atoms with van der Waals surface area (Å²) >= 11 is 0. The van der Waals surface area contributed by atoms with Crippen molar-refractivity contribution in [3.63, 3.8) is 0 Å². The highest BCUT2D eigenvalue weighted by Gasteiger charge is 2.08. The second-order valence-electron chi connectivity index (χ2n) is 5.47. The van der Waals surface area contributed by atoms with Crippen molar-refractivity contribution in [2.75, 3.05) is 20.2 Å². The molecule has 0 saturated heterocycles. The summed E-state index contributed by atoms with van der Waals surface area (Å²) in [6.07, 6.45) is 1.31. The number of amides is 1. The Morgan fingerprint density at radius 1 is 1.09 bits per heavy atom. The molecule has 2 rings (SSSR count). The van der Waals surface area contributed by atoms with E-state index < -0.39 is 0 Å². The van der Waals surface area contributed by atoms with Crippen LogP contribution in [0.2, 0.25) is 0 Å². The number of ether oxygens (including phenoxy) is 1. The van der Waals surface area contributed by atoms with Gasteiger partial charge in [0.1, 0.15) is 12.4 Å². The Balaban J connectivity index is 1.70. The first-order chi connectivity index (χ1) is 10.6. The highest BCUT2D eigenvalue weighted by molar-refractivity contribution is 5.76. The van der Waals surface area contributed by atoms with E-state index in [0.29, 0.717) is 19.6 Å². The van der Waals surface area contributed by atoms with E-state index in [4.69, 9.17) is 4.74 Å². The molecule has 0 saturated carbocycles. The van der Waals surface area contributed by atoms with Gasteiger partial charge in [-0.15, -0.1) is 0 Å². The first-order valence-electron chi connectivity index (χ1n) is 7.62. The lowest BCUT2D eigenvalue weighted by Gasteiger charge is -2.17. The van der Waals surface area contributed by atoms with E-state index >= 15 is 0 Å². The maximum Gasteiger partial charge on any atom is 0.222 e. The molecule has 1 amide bonds. The van der Waals surface area contributed by atoms with Crippen molar-refractivity contribution in [3.05, 3.63) is 65.7 Å². The van der Waals surface area contributed by atoms with Gasteiger partial charge in [0.15, 0.2) is 0 Å². The molecule has 0 radical (unpaired) electrons. The maximum absolute atomic E-state index is 12.1. The average molecular weight is 297 g/mol. The summed E-state index contributed by atoms with van der Waals surface area (Å²) in [7, 11) is 1.83. The van der Waals surface area contributed by atoms with Gasteiger partial charge in [-0.3, -0.25) is 4.79 Å². The molecule has 116 valence electrons. The molecule has 0 aliphatic carbocycles. The van der Waals surface area contributed by atoms with Gasteiger partial charge in [0.05, 0.1) is 6.54 Å². The SMILES string of the molecule is Cc1cccc(OCCN(C)C(=O)CCc2ccccc2)c1. The van der Waals surface area contributed by atoms with E-state index in [2.05, 4.69) is 0 Å². The molecule has 0 N–H and O–H groups in total. The highest BCUT2D eigenvalue weighted by atomic mass is 16.5. The number of carbonyl (C=O) groups is 1. The van der Waals surface area contributed by atoms with E-state index in [-0.39, 0.29) is 5.91 Å². The fourth-order valence-electron chi connectivity index (χ4n) is 2.22. The largest absolute Gasteiger partial charge is 0.492 e. The van der Waals surface area contributed by atoms with Crippen molar-refractivity contribution < 1.29 is 9.53 Å². The highest BCUT2D eigenvalue weighted by Crippen LogP contribution is 2.12. The van der Waals surface area contributed by atoms with Crippen LogP contribution in [0.3, 0.4) is 0 Å². The van der Waals surface area contributed by atoms with Crippen molar-refractivity contribution in [1.82, 2.24) is 4.90 Å². The zero-order chi connectivity index (χ0) is 15.8. The molecular formula is C19H23NO2. The number of benzene rings is 2. The topological polar surface area (TPSA) is 29.5 Å². The van der Waals surface area contributed by atoms with Gasteiger partial charge in [0.25, 0.3) is 0 Å². The molecule has 0 unspecified atom stereocenters. The van der Waals surface area contributed by atoms with Crippen LogP contribution in [0.25, 0.3) is 0 Å². The van der Waals surface area contributed by atoms with Crippen LogP contribution in [0, 0.1) is 6.92 Å². The van der Waals surface area contributed by atoms with E-state index in [9.17, 15) is 4.79 Å². The van der Waals surface area contributed by atoms with Gasteiger partial charge in [-0.2, -0.15) is 0 Å². The van der Waals surface area contributed by atoms with Crippen LogP contribution in [-0.2, 0) is 11.2 Å². The van der Waals surface area contributed by atoms with Crippen LogP contribution in [0.5, 0.6) is 5.75 Å². The Morgan fingerprint density at radius 3 is 2.59 bits per heavy atom. The van der Waals surface area contributed by atoms with Gasteiger partial charge in [0.2, 0.25) is 5.91 Å². The summed E-state index contributed by atoms with van der Waals surface area (Å²) in [6, 6.07) is 18.0. The van der Waals surface area contributed by atoms with Crippen LogP contribution in [0.1, 0.15) is 17.5 Å². The van der Waals surface area contributed by atoms with Crippen molar-refractivity contribution in [2.24, 2.45) is 0 Å². The number of aryl methyl sites for hydroxylation is 2. The number of rotatable bonds is 7. The minimum absolute atomic E-state index is 0.150. The van der Waals surface area contributed by atoms with Gasteiger partial charge in [0, 0.05) is 13.5 Å². The third-order valence-corrected chi connectivity index (χ3v) is 3.58. The lowest BCUT2D eigenvalue weighted by Crippen LogP contribution is -2.31. The van der Waals surface area contributed by atoms with Gasteiger partial charge in [-0.1, -0.05) is 42.5 Å². The van der Waals surface area contributed by atoms with Crippen LogP contribution < -0.4 is 4.74 Å². The minimum Gasteiger partial charge on any atom is -0.492 e. The summed E-state index contributed by atoms with van der Waals surface area (Å²) in [5.74, 6) is 1.00. The molecule has 0 aromatic heterocycles. The summed E-state index contributed by atoms with van der Waals surface area (Å²) in [4.78, 5) is 13.8. The molecule has 0 aliphatic rings. The van der Waals surface area contributed by atoms with Crippen molar-refractivity contribution >= 4 is 5.91 Å². The summed E-state index contributed by atoms with van der Waals surface area (Å²) < 4.78 is 5.68. The molecule has 0 bridgehead atoms. The normalized spacial score (nSPS) is 10.3. The van der Waals surface area contributed by atoms with Crippen LogP contribution in [-0.4, -0.2) is 31.0 Å². The van der Waals surface area contributed by atoms with E-state index in [0.717, 1.165) is 12.2 Å². The second kappa shape index (κ2) is 8.23. The van der Waals surface area contributed by atoms with Crippen LogP contribution in [0.4, 0.5) is 0 Å². The van der Waals surface area contributed by atoms with Crippen molar-refractivity contribution in [1.29, 1.82) is 0 Å². The first-order valence-corrected chi connectivity index (χ1v) is 7.62. The monoisotopic (exact) mass is 297 g/mol. The Hall–Kier alpha value is -2.29. The summed E-state index contributed by atoms with van der Waals surface area (Å²) in [5, 5.41) is 0. The van der Waals surface area contributed by atoms with Gasteiger partial charge in [-0.05, 0) is 36.6 Å². The molecule has 2 aromatic carbocycles. The molecule has 22 heavy (non-hydrogen) atoms. The molecule has 2 aromatic rings. The van der Waals surface area contributed by atoms with E-state index in [1.54, 1.807) is 4.90 Å². The number of likely N-dealkylation sites (N-methyl/N-ethyl adjacent to an activating group) is 1. The third kappa shape index (κ3) is 5.24. The third-order valence-electron chi connectivity index (χ3n) is 3.58. The molecule has 0 aliphatic heterocycles. The zero-order valence-corrected chi connectivity index (χ0v) is 13.3. The summed E-state index contributed by atoms with van der Waals surface area (Å²) in [6.45, 7) is 3.14. The number of hydrogen-bond donors (Lipinski definition) is 0. The first kappa shape index (κ1) is 16.1. The zero-order valence-electron chi connectivity index (χ0n) is 13.3. The van der Waals surface area contributed by atoms with E-state index in [1.807, 2.05) is 68.6 Å².